The third-order valence-corrected chi connectivity index (χ3v) is 4.67. The highest BCUT2D eigenvalue weighted by Crippen LogP contribution is 2.26. The number of nitrogens with one attached hydrogen (secondary N) is 1. The molecule has 0 saturated carbocycles. The van der Waals surface area contributed by atoms with Crippen molar-refractivity contribution in [1.82, 2.24) is 9.55 Å². The van der Waals surface area contributed by atoms with E-state index in [0.717, 1.165) is 29.4 Å². The Balaban J connectivity index is 1.77. The Morgan fingerprint density at radius 1 is 0.800 bits per heavy atom. The Hall–Kier alpha value is -3.07. The van der Waals surface area contributed by atoms with Crippen molar-refractivity contribution in [2.45, 2.75) is 18.9 Å². The van der Waals surface area contributed by atoms with E-state index in [4.69, 9.17) is 0 Å². The van der Waals surface area contributed by atoms with E-state index in [1.54, 1.807) is 0 Å². The fraction of sp³-hybridized carbons (Fsp3) is 0.136. The van der Waals surface area contributed by atoms with Crippen LogP contribution >= 0.6 is 0 Å². The Bertz CT molecular complexity index is 1020. The molecule has 0 amide bonds. The summed E-state index contributed by atoms with van der Waals surface area (Å²) in [5.41, 5.74) is 4.23. The number of imidazole rings is 1. The van der Waals surface area contributed by atoms with Gasteiger partial charge in [0.05, 0.1) is 17.1 Å². The summed E-state index contributed by atoms with van der Waals surface area (Å²) in [5, 5.41) is 0. The summed E-state index contributed by atoms with van der Waals surface area (Å²) in [5.74, 6) is 0. The summed E-state index contributed by atoms with van der Waals surface area (Å²) >= 11 is 0. The van der Waals surface area contributed by atoms with Crippen LogP contribution in [0.2, 0.25) is 0 Å². The van der Waals surface area contributed by atoms with Gasteiger partial charge in [-0.3, -0.25) is 4.57 Å². The molecule has 1 N–H and O–H groups in total. The molecule has 4 rings (SSSR count). The lowest BCUT2D eigenvalue weighted by Crippen LogP contribution is -2.23. The van der Waals surface area contributed by atoms with E-state index in [2.05, 4.69) is 41.4 Å². The maximum absolute atomic E-state index is 12.7. The van der Waals surface area contributed by atoms with E-state index in [9.17, 15) is 4.79 Å². The van der Waals surface area contributed by atoms with Crippen molar-refractivity contribution < 1.29 is 0 Å². The molecule has 0 fully saturated rings. The van der Waals surface area contributed by atoms with Gasteiger partial charge in [0.2, 0.25) is 0 Å². The zero-order chi connectivity index (χ0) is 17.1. The monoisotopic (exact) mass is 328 g/mol. The number of aryl methyl sites for hydroxylation is 1. The van der Waals surface area contributed by atoms with Crippen molar-refractivity contribution in [3.63, 3.8) is 0 Å². The highest BCUT2D eigenvalue weighted by atomic mass is 16.1. The lowest BCUT2D eigenvalue weighted by atomic mass is 9.98. The lowest BCUT2D eigenvalue weighted by Gasteiger charge is -2.19. The Morgan fingerprint density at radius 2 is 1.44 bits per heavy atom. The van der Waals surface area contributed by atoms with Gasteiger partial charge >= 0.3 is 5.69 Å². The zero-order valence-corrected chi connectivity index (χ0v) is 13.9. The van der Waals surface area contributed by atoms with E-state index in [-0.39, 0.29) is 11.7 Å². The molecule has 1 atom stereocenters. The molecule has 0 aliphatic rings. The van der Waals surface area contributed by atoms with E-state index in [1.807, 2.05) is 53.1 Å². The van der Waals surface area contributed by atoms with Crippen molar-refractivity contribution >= 4 is 11.0 Å². The number of aromatic nitrogens is 2. The fourth-order valence-corrected chi connectivity index (χ4v) is 3.45. The SMILES string of the molecule is O=c1[nH]c2ccccc2n1C(CCc1ccccc1)c1ccccc1. The summed E-state index contributed by atoms with van der Waals surface area (Å²) in [7, 11) is 0. The van der Waals surface area contributed by atoms with Gasteiger partial charge in [-0.2, -0.15) is 0 Å². The van der Waals surface area contributed by atoms with Crippen LogP contribution in [0.25, 0.3) is 11.0 Å². The van der Waals surface area contributed by atoms with Gasteiger partial charge in [-0.1, -0.05) is 72.8 Å². The summed E-state index contributed by atoms with van der Waals surface area (Å²) < 4.78 is 1.90. The second-order valence-corrected chi connectivity index (χ2v) is 6.27. The van der Waals surface area contributed by atoms with Gasteiger partial charge in [-0.25, -0.2) is 4.79 Å². The van der Waals surface area contributed by atoms with Crippen molar-refractivity contribution in [3.05, 3.63) is 107 Å². The first kappa shape index (κ1) is 15.5. The topological polar surface area (TPSA) is 37.8 Å². The van der Waals surface area contributed by atoms with Crippen LogP contribution in [0.4, 0.5) is 0 Å². The number of hydrogen-bond donors (Lipinski definition) is 1. The van der Waals surface area contributed by atoms with Crippen LogP contribution in [0.5, 0.6) is 0 Å². The van der Waals surface area contributed by atoms with Gasteiger partial charge in [0.25, 0.3) is 0 Å². The average Bonchev–Trinajstić information content (AvgIpc) is 3.00. The summed E-state index contributed by atoms with van der Waals surface area (Å²) in [6.45, 7) is 0. The van der Waals surface area contributed by atoms with E-state index in [1.165, 1.54) is 5.56 Å². The minimum Gasteiger partial charge on any atom is -0.306 e. The first-order chi connectivity index (χ1) is 12.3. The summed E-state index contributed by atoms with van der Waals surface area (Å²) in [6.07, 6.45) is 1.79. The van der Waals surface area contributed by atoms with Crippen molar-refractivity contribution in [3.8, 4) is 0 Å². The molecular weight excluding hydrogens is 308 g/mol. The maximum Gasteiger partial charge on any atom is 0.327 e. The van der Waals surface area contributed by atoms with Crippen molar-refractivity contribution in [1.29, 1.82) is 0 Å². The number of hydrogen-bond acceptors (Lipinski definition) is 1. The maximum atomic E-state index is 12.7. The Kier molecular flexibility index (Phi) is 4.21. The molecule has 1 heterocycles. The third kappa shape index (κ3) is 3.13. The van der Waals surface area contributed by atoms with Gasteiger partial charge in [-0.15, -0.1) is 0 Å². The Labute approximate surface area is 146 Å². The molecule has 4 aromatic rings. The molecule has 3 aromatic carbocycles. The molecule has 0 radical (unpaired) electrons. The molecule has 0 aliphatic carbocycles. The van der Waals surface area contributed by atoms with Crippen LogP contribution in [0.15, 0.2) is 89.7 Å². The molecule has 0 bridgehead atoms. The quantitative estimate of drug-likeness (QED) is 0.573. The molecule has 124 valence electrons. The zero-order valence-electron chi connectivity index (χ0n) is 13.9. The molecule has 3 nitrogen and oxygen atoms in total. The van der Waals surface area contributed by atoms with E-state index >= 15 is 0 Å². The van der Waals surface area contributed by atoms with Gasteiger partial charge in [-0.05, 0) is 36.1 Å². The van der Waals surface area contributed by atoms with Gasteiger partial charge in [0, 0.05) is 0 Å². The van der Waals surface area contributed by atoms with Crippen LogP contribution in [0.3, 0.4) is 0 Å². The van der Waals surface area contributed by atoms with Crippen LogP contribution in [-0.2, 0) is 6.42 Å². The summed E-state index contributed by atoms with van der Waals surface area (Å²) in [4.78, 5) is 15.7. The minimum atomic E-state index is -0.0527. The van der Waals surface area contributed by atoms with Crippen molar-refractivity contribution in [2.24, 2.45) is 0 Å². The van der Waals surface area contributed by atoms with Gasteiger partial charge in [0.15, 0.2) is 0 Å². The molecular formula is C22H20N2O. The fourth-order valence-electron chi connectivity index (χ4n) is 3.45. The number of benzene rings is 3. The lowest BCUT2D eigenvalue weighted by molar-refractivity contribution is 0.539. The average molecular weight is 328 g/mol. The predicted molar refractivity (Wildman–Crippen MR) is 102 cm³/mol. The van der Waals surface area contributed by atoms with E-state index in [0.29, 0.717) is 0 Å². The molecule has 25 heavy (non-hydrogen) atoms. The highest BCUT2D eigenvalue weighted by Gasteiger charge is 2.18. The van der Waals surface area contributed by atoms with Crippen LogP contribution < -0.4 is 5.69 Å². The second-order valence-electron chi connectivity index (χ2n) is 6.27. The number of nitrogens with zero attached hydrogens (tertiary/aromatic N) is 1. The summed E-state index contributed by atoms with van der Waals surface area (Å²) in [6, 6.07) is 28.6. The van der Waals surface area contributed by atoms with Crippen LogP contribution in [-0.4, -0.2) is 9.55 Å². The number of fused-ring (bicyclic) bond motifs is 1. The standard InChI is InChI=1S/C22H20N2O/c25-22-23-19-13-7-8-14-21(19)24(22)20(18-11-5-2-6-12-18)16-15-17-9-3-1-4-10-17/h1-14,20H,15-16H2,(H,23,25). The number of H-pyrrole nitrogens is 1. The van der Waals surface area contributed by atoms with Gasteiger partial charge < -0.3 is 4.98 Å². The molecule has 0 saturated heterocycles. The second kappa shape index (κ2) is 6.81. The van der Waals surface area contributed by atoms with Crippen LogP contribution in [0.1, 0.15) is 23.6 Å². The molecule has 1 unspecified atom stereocenters. The normalized spacial score (nSPS) is 12.3. The predicted octanol–water partition coefficient (Wildman–Crippen LogP) is 4.55. The minimum absolute atomic E-state index is 0.00468. The van der Waals surface area contributed by atoms with Crippen molar-refractivity contribution in [2.75, 3.05) is 0 Å². The van der Waals surface area contributed by atoms with Gasteiger partial charge in [0.1, 0.15) is 0 Å². The smallest absolute Gasteiger partial charge is 0.306 e. The van der Waals surface area contributed by atoms with E-state index < -0.39 is 0 Å². The Morgan fingerprint density at radius 3 is 2.20 bits per heavy atom. The number of aromatic amines is 1. The largest absolute Gasteiger partial charge is 0.327 e. The number of rotatable bonds is 5. The molecule has 0 spiro atoms. The molecule has 0 aliphatic heterocycles. The molecule has 3 heteroatoms. The first-order valence-electron chi connectivity index (χ1n) is 8.61. The first-order valence-corrected chi connectivity index (χ1v) is 8.61. The van der Waals surface area contributed by atoms with Crippen LogP contribution in [0, 0.1) is 0 Å². The third-order valence-electron chi connectivity index (χ3n) is 4.67. The number of para-hydroxylation sites is 2. The highest BCUT2D eigenvalue weighted by molar-refractivity contribution is 5.75. The molecule has 1 aromatic heterocycles.